The third-order valence-electron chi connectivity index (χ3n) is 3.31. The SMILES string of the molecule is Cc1cccc(NC(=O)N(CCN(C)C)C2CC2)c1. The highest BCUT2D eigenvalue weighted by molar-refractivity contribution is 5.89. The molecule has 1 aliphatic rings. The predicted molar refractivity (Wildman–Crippen MR) is 78.5 cm³/mol. The fourth-order valence-electron chi connectivity index (χ4n) is 2.06. The molecule has 0 unspecified atom stereocenters. The van der Waals surface area contributed by atoms with Crippen molar-refractivity contribution < 1.29 is 4.79 Å². The van der Waals surface area contributed by atoms with E-state index in [-0.39, 0.29) is 6.03 Å². The Balaban J connectivity index is 1.95. The first kappa shape index (κ1) is 13.9. The Morgan fingerprint density at radius 1 is 1.32 bits per heavy atom. The summed E-state index contributed by atoms with van der Waals surface area (Å²) >= 11 is 0. The summed E-state index contributed by atoms with van der Waals surface area (Å²) in [6, 6.07) is 8.38. The molecular weight excluding hydrogens is 238 g/mol. The van der Waals surface area contributed by atoms with Crippen molar-refractivity contribution in [1.82, 2.24) is 9.80 Å². The summed E-state index contributed by atoms with van der Waals surface area (Å²) in [6.07, 6.45) is 2.27. The fourth-order valence-corrected chi connectivity index (χ4v) is 2.06. The van der Waals surface area contributed by atoms with Gasteiger partial charge in [-0.25, -0.2) is 4.79 Å². The normalized spacial score (nSPS) is 14.5. The quantitative estimate of drug-likeness (QED) is 0.884. The largest absolute Gasteiger partial charge is 0.322 e. The topological polar surface area (TPSA) is 35.6 Å². The van der Waals surface area contributed by atoms with E-state index in [4.69, 9.17) is 0 Å². The van der Waals surface area contributed by atoms with E-state index in [0.29, 0.717) is 6.04 Å². The number of hydrogen-bond acceptors (Lipinski definition) is 2. The highest BCUT2D eigenvalue weighted by Gasteiger charge is 2.32. The molecule has 1 aromatic rings. The molecule has 19 heavy (non-hydrogen) atoms. The summed E-state index contributed by atoms with van der Waals surface area (Å²) in [5.74, 6) is 0. The number of carbonyl (C=O) groups excluding carboxylic acids is 1. The Kier molecular flexibility index (Phi) is 4.43. The van der Waals surface area contributed by atoms with E-state index < -0.39 is 0 Å². The number of hydrogen-bond donors (Lipinski definition) is 1. The summed E-state index contributed by atoms with van der Waals surface area (Å²) in [7, 11) is 4.06. The summed E-state index contributed by atoms with van der Waals surface area (Å²) in [5.41, 5.74) is 2.03. The second-order valence-electron chi connectivity index (χ2n) is 5.53. The molecule has 0 heterocycles. The molecular formula is C15H23N3O. The number of urea groups is 1. The van der Waals surface area contributed by atoms with Crippen LogP contribution in [0.1, 0.15) is 18.4 Å². The van der Waals surface area contributed by atoms with Crippen LogP contribution in [0.3, 0.4) is 0 Å². The summed E-state index contributed by atoms with van der Waals surface area (Å²) < 4.78 is 0. The summed E-state index contributed by atoms with van der Waals surface area (Å²) in [6.45, 7) is 3.72. The Bertz CT molecular complexity index is 441. The second-order valence-corrected chi connectivity index (χ2v) is 5.53. The smallest absolute Gasteiger partial charge is 0.320 e. The van der Waals surface area contributed by atoms with Gasteiger partial charge in [-0.1, -0.05) is 12.1 Å². The third kappa shape index (κ3) is 4.24. The molecule has 4 heteroatoms. The number of nitrogens with zero attached hydrogens (tertiary/aromatic N) is 2. The van der Waals surface area contributed by atoms with E-state index in [9.17, 15) is 4.79 Å². The van der Waals surface area contributed by atoms with Gasteiger partial charge in [0.15, 0.2) is 0 Å². The number of benzene rings is 1. The van der Waals surface area contributed by atoms with Crippen molar-refractivity contribution in [2.45, 2.75) is 25.8 Å². The van der Waals surface area contributed by atoms with Crippen LogP contribution in [0.15, 0.2) is 24.3 Å². The van der Waals surface area contributed by atoms with E-state index in [1.165, 1.54) is 0 Å². The molecule has 1 saturated carbocycles. The van der Waals surface area contributed by atoms with Crippen LogP contribution in [0.2, 0.25) is 0 Å². The van der Waals surface area contributed by atoms with Crippen LogP contribution in [0.25, 0.3) is 0 Å². The highest BCUT2D eigenvalue weighted by Crippen LogP contribution is 2.27. The molecule has 0 aromatic heterocycles. The molecule has 4 nitrogen and oxygen atoms in total. The number of amides is 2. The minimum absolute atomic E-state index is 0.0231. The van der Waals surface area contributed by atoms with Gasteiger partial charge in [0.05, 0.1) is 0 Å². The molecule has 1 fully saturated rings. The molecule has 0 radical (unpaired) electrons. The van der Waals surface area contributed by atoms with Crippen LogP contribution in [0.4, 0.5) is 10.5 Å². The van der Waals surface area contributed by atoms with Gasteiger partial charge < -0.3 is 15.1 Å². The van der Waals surface area contributed by atoms with E-state index in [2.05, 4.69) is 10.2 Å². The summed E-state index contributed by atoms with van der Waals surface area (Å²) in [5, 5.41) is 3.00. The van der Waals surface area contributed by atoms with Crippen LogP contribution >= 0.6 is 0 Å². The molecule has 0 saturated heterocycles. The van der Waals surface area contributed by atoms with Crippen molar-refractivity contribution in [3.8, 4) is 0 Å². The molecule has 1 aromatic carbocycles. The number of anilines is 1. The van der Waals surface area contributed by atoms with Gasteiger partial charge in [-0.15, -0.1) is 0 Å². The van der Waals surface area contributed by atoms with Crippen LogP contribution in [0.5, 0.6) is 0 Å². The molecule has 0 spiro atoms. The zero-order chi connectivity index (χ0) is 13.8. The average molecular weight is 261 g/mol. The number of nitrogens with one attached hydrogen (secondary N) is 1. The van der Waals surface area contributed by atoms with Gasteiger partial charge >= 0.3 is 6.03 Å². The maximum Gasteiger partial charge on any atom is 0.322 e. The minimum Gasteiger partial charge on any atom is -0.320 e. The molecule has 2 amide bonds. The van der Waals surface area contributed by atoms with E-state index in [0.717, 1.165) is 37.2 Å². The van der Waals surface area contributed by atoms with Gasteiger partial charge in [0.2, 0.25) is 0 Å². The maximum atomic E-state index is 12.3. The zero-order valence-corrected chi connectivity index (χ0v) is 12.0. The van der Waals surface area contributed by atoms with Crippen molar-refractivity contribution in [3.05, 3.63) is 29.8 Å². The standard InChI is InChI=1S/C15H23N3O/c1-12-5-4-6-13(11-12)16-15(19)18(14-7-8-14)10-9-17(2)3/h4-6,11,14H,7-10H2,1-3H3,(H,16,19). The molecule has 104 valence electrons. The van der Waals surface area contributed by atoms with Gasteiger partial charge in [-0.05, 0) is 51.6 Å². The first-order valence-electron chi connectivity index (χ1n) is 6.85. The fraction of sp³-hybridized carbons (Fsp3) is 0.533. The Morgan fingerprint density at radius 2 is 2.05 bits per heavy atom. The molecule has 0 bridgehead atoms. The maximum absolute atomic E-state index is 12.3. The van der Waals surface area contributed by atoms with Gasteiger partial charge in [-0.3, -0.25) is 0 Å². The number of aryl methyl sites for hydroxylation is 1. The Labute approximate surface area is 115 Å². The van der Waals surface area contributed by atoms with Crippen LogP contribution < -0.4 is 5.32 Å². The lowest BCUT2D eigenvalue weighted by atomic mass is 10.2. The number of rotatable bonds is 5. The van der Waals surface area contributed by atoms with Crippen molar-refractivity contribution in [1.29, 1.82) is 0 Å². The molecule has 1 N–H and O–H groups in total. The predicted octanol–water partition coefficient (Wildman–Crippen LogP) is 2.55. The molecule has 2 rings (SSSR count). The Hall–Kier alpha value is -1.55. The number of likely N-dealkylation sites (N-methyl/N-ethyl adjacent to an activating group) is 1. The average Bonchev–Trinajstić information content (AvgIpc) is 3.13. The zero-order valence-electron chi connectivity index (χ0n) is 12.0. The van der Waals surface area contributed by atoms with Crippen molar-refractivity contribution in [2.75, 3.05) is 32.5 Å². The molecule has 0 aliphatic heterocycles. The van der Waals surface area contributed by atoms with Crippen molar-refractivity contribution >= 4 is 11.7 Å². The lowest BCUT2D eigenvalue weighted by Crippen LogP contribution is -2.40. The van der Waals surface area contributed by atoms with Gasteiger partial charge in [0.25, 0.3) is 0 Å². The second kappa shape index (κ2) is 6.06. The van der Waals surface area contributed by atoms with E-state index in [1.807, 2.05) is 50.2 Å². The Morgan fingerprint density at radius 3 is 2.63 bits per heavy atom. The van der Waals surface area contributed by atoms with E-state index >= 15 is 0 Å². The van der Waals surface area contributed by atoms with Gasteiger partial charge in [-0.2, -0.15) is 0 Å². The lowest BCUT2D eigenvalue weighted by molar-refractivity contribution is 0.202. The van der Waals surface area contributed by atoms with E-state index in [1.54, 1.807) is 0 Å². The van der Waals surface area contributed by atoms with Gasteiger partial charge in [0.1, 0.15) is 0 Å². The van der Waals surface area contributed by atoms with Gasteiger partial charge in [0, 0.05) is 24.8 Å². The summed E-state index contributed by atoms with van der Waals surface area (Å²) in [4.78, 5) is 16.4. The number of carbonyl (C=O) groups is 1. The third-order valence-corrected chi connectivity index (χ3v) is 3.31. The first-order chi connectivity index (χ1) is 9.06. The van der Waals surface area contributed by atoms with Crippen LogP contribution in [-0.2, 0) is 0 Å². The minimum atomic E-state index is 0.0231. The van der Waals surface area contributed by atoms with Crippen LogP contribution in [0, 0.1) is 6.92 Å². The van der Waals surface area contributed by atoms with Crippen molar-refractivity contribution in [2.24, 2.45) is 0 Å². The highest BCUT2D eigenvalue weighted by atomic mass is 16.2. The first-order valence-corrected chi connectivity index (χ1v) is 6.85. The molecule has 0 atom stereocenters. The lowest BCUT2D eigenvalue weighted by Gasteiger charge is -2.24. The van der Waals surface area contributed by atoms with Crippen LogP contribution in [-0.4, -0.2) is 49.1 Å². The van der Waals surface area contributed by atoms with Crippen molar-refractivity contribution in [3.63, 3.8) is 0 Å². The monoisotopic (exact) mass is 261 g/mol. The molecule has 1 aliphatic carbocycles.